The minimum Gasteiger partial charge on any atom is -0.481 e. The first-order valence-corrected chi connectivity index (χ1v) is 6.28. The Hall–Kier alpha value is -2.96. The molecule has 0 spiro atoms. The van der Waals surface area contributed by atoms with Gasteiger partial charge in [0.25, 0.3) is 0 Å². The Balaban J connectivity index is 1.81. The van der Waals surface area contributed by atoms with Crippen molar-refractivity contribution in [3.63, 3.8) is 0 Å². The van der Waals surface area contributed by atoms with Crippen molar-refractivity contribution in [1.29, 1.82) is 0 Å². The molecule has 0 aliphatic rings. The summed E-state index contributed by atoms with van der Waals surface area (Å²) < 4.78 is 10.3. The van der Waals surface area contributed by atoms with Gasteiger partial charge in [0.05, 0.1) is 13.5 Å². The molecule has 0 radical (unpaired) electrons. The van der Waals surface area contributed by atoms with E-state index >= 15 is 0 Å². The Kier molecular flexibility index (Phi) is 3.46. The molecule has 0 aliphatic carbocycles. The Bertz CT molecular complexity index is 739. The van der Waals surface area contributed by atoms with E-state index in [1.54, 1.807) is 6.07 Å². The van der Waals surface area contributed by atoms with Gasteiger partial charge in [-0.3, -0.25) is 0 Å². The number of nitrogen functional groups attached to an aromatic ring is 1. The quantitative estimate of drug-likeness (QED) is 0.727. The van der Waals surface area contributed by atoms with E-state index in [2.05, 4.69) is 20.1 Å². The van der Waals surface area contributed by atoms with Crippen LogP contribution in [0.3, 0.4) is 0 Å². The van der Waals surface area contributed by atoms with Gasteiger partial charge in [-0.15, -0.1) is 0 Å². The van der Waals surface area contributed by atoms with Crippen molar-refractivity contribution in [2.75, 3.05) is 12.8 Å². The first-order chi connectivity index (χ1) is 10.2. The number of nitrogens with two attached hydrogens (primary N) is 1. The maximum absolute atomic E-state index is 5.65. The SMILES string of the molecule is COc1cc(-c2noc(Cc3ccc(N)cc3)n2)ncn1. The fourth-order valence-electron chi connectivity index (χ4n) is 1.81. The number of methoxy groups -OCH3 is 1. The Labute approximate surface area is 120 Å². The minimum atomic E-state index is 0.404. The molecule has 0 bridgehead atoms. The van der Waals surface area contributed by atoms with E-state index in [1.165, 1.54) is 13.4 Å². The molecule has 0 saturated heterocycles. The third-order valence-corrected chi connectivity index (χ3v) is 2.88. The molecule has 106 valence electrons. The highest BCUT2D eigenvalue weighted by Crippen LogP contribution is 2.18. The predicted octanol–water partition coefficient (Wildman–Crippen LogP) is 1.71. The van der Waals surface area contributed by atoms with Crippen molar-refractivity contribution in [3.8, 4) is 17.4 Å². The second kappa shape index (κ2) is 5.58. The number of anilines is 1. The highest BCUT2D eigenvalue weighted by atomic mass is 16.5. The van der Waals surface area contributed by atoms with Crippen LogP contribution in [0.4, 0.5) is 5.69 Å². The lowest BCUT2D eigenvalue weighted by Crippen LogP contribution is -1.93. The zero-order valence-electron chi connectivity index (χ0n) is 11.4. The molecule has 3 rings (SSSR count). The van der Waals surface area contributed by atoms with Gasteiger partial charge in [0.1, 0.15) is 12.0 Å². The fraction of sp³-hybridized carbons (Fsp3) is 0.143. The molecule has 3 aromatic rings. The van der Waals surface area contributed by atoms with E-state index in [4.69, 9.17) is 15.0 Å². The number of hydrogen-bond donors (Lipinski definition) is 1. The van der Waals surface area contributed by atoms with Gasteiger partial charge < -0.3 is 15.0 Å². The van der Waals surface area contributed by atoms with Gasteiger partial charge in [-0.05, 0) is 17.7 Å². The number of rotatable bonds is 4. The first kappa shape index (κ1) is 13.0. The number of nitrogens with zero attached hydrogens (tertiary/aromatic N) is 4. The van der Waals surface area contributed by atoms with E-state index in [0.717, 1.165) is 11.3 Å². The van der Waals surface area contributed by atoms with E-state index in [-0.39, 0.29) is 0 Å². The summed E-state index contributed by atoms with van der Waals surface area (Å²) in [5.74, 6) is 1.36. The summed E-state index contributed by atoms with van der Waals surface area (Å²) in [5, 5.41) is 3.92. The summed E-state index contributed by atoms with van der Waals surface area (Å²) in [6, 6.07) is 9.17. The van der Waals surface area contributed by atoms with E-state index in [9.17, 15) is 0 Å². The average molecular weight is 283 g/mol. The molecule has 7 heteroatoms. The van der Waals surface area contributed by atoms with Crippen LogP contribution in [0.25, 0.3) is 11.5 Å². The molecule has 1 aromatic carbocycles. The fourth-order valence-corrected chi connectivity index (χ4v) is 1.81. The number of ether oxygens (including phenoxy) is 1. The minimum absolute atomic E-state index is 0.404. The van der Waals surface area contributed by atoms with Crippen LogP contribution in [-0.4, -0.2) is 27.2 Å². The third-order valence-electron chi connectivity index (χ3n) is 2.88. The molecule has 2 aromatic heterocycles. The number of benzene rings is 1. The lowest BCUT2D eigenvalue weighted by atomic mass is 10.1. The predicted molar refractivity (Wildman–Crippen MR) is 75.5 cm³/mol. The van der Waals surface area contributed by atoms with Crippen LogP contribution in [0, 0.1) is 0 Å². The zero-order valence-corrected chi connectivity index (χ0v) is 11.4. The van der Waals surface area contributed by atoms with Gasteiger partial charge in [-0.2, -0.15) is 4.98 Å². The van der Waals surface area contributed by atoms with Gasteiger partial charge >= 0.3 is 0 Å². The Morgan fingerprint density at radius 2 is 2.00 bits per heavy atom. The lowest BCUT2D eigenvalue weighted by molar-refractivity contribution is 0.385. The molecule has 0 amide bonds. The molecule has 2 heterocycles. The Morgan fingerprint density at radius 3 is 2.76 bits per heavy atom. The van der Waals surface area contributed by atoms with Gasteiger partial charge in [0.15, 0.2) is 0 Å². The second-order valence-corrected chi connectivity index (χ2v) is 4.38. The summed E-state index contributed by atoms with van der Waals surface area (Å²) in [4.78, 5) is 12.4. The van der Waals surface area contributed by atoms with Crippen molar-refractivity contribution in [2.24, 2.45) is 0 Å². The number of aromatic nitrogens is 4. The maximum Gasteiger partial charge on any atom is 0.231 e. The molecular weight excluding hydrogens is 270 g/mol. The van der Waals surface area contributed by atoms with Gasteiger partial charge in [0.2, 0.25) is 17.6 Å². The smallest absolute Gasteiger partial charge is 0.231 e. The summed E-state index contributed by atoms with van der Waals surface area (Å²) in [6.07, 6.45) is 1.93. The summed E-state index contributed by atoms with van der Waals surface area (Å²) in [7, 11) is 1.54. The standard InChI is InChI=1S/C14H13N5O2/c1-20-12-7-11(16-8-17-12)14-18-13(21-19-14)6-9-2-4-10(15)5-3-9/h2-5,7-8H,6,15H2,1H3. The lowest BCUT2D eigenvalue weighted by Gasteiger charge is -1.98. The van der Waals surface area contributed by atoms with Crippen molar-refractivity contribution in [1.82, 2.24) is 20.1 Å². The summed E-state index contributed by atoms with van der Waals surface area (Å²) >= 11 is 0. The van der Waals surface area contributed by atoms with Gasteiger partial charge in [-0.1, -0.05) is 17.3 Å². The van der Waals surface area contributed by atoms with Crippen LogP contribution in [0.15, 0.2) is 41.2 Å². The van der Waals surface area contributed by atoms with Crippen LogP contribution in [0.1, 0.15) is 11.5 Å². The van der Waals surface area contributed by atoms with Crippen LogP contribution < -0.4 is 10.5 Å². The summed E-state index contributed by atoms with van der Waals surface area (Å²) in [5.41, 5.74) is 7.96. The first-order valence-electron chi connectivity index (χ1n) is 6.28. The van der Waals surface area contributed by atoms with E-state index < -0.39 is 0 Å². The zero-order chi connectivity index (χ0) is 14.7. The monoisotopic (exact) mass is 283 g/mol. The molecule has 21 heavy (non-hydrogen) atoms. The molecule has 0 fully saturated rings. The normalized spacial score (nSPS) is 10.5. The van der Waals surface area contributed by atoms with Crippen LogP contribution in [0.2, 0.25) is 0 Å². The average Bonchev–Trinajstić information content (AvgIpc) is 2.98. The maximum atomic E-state index is 5.65. The van der Waals surface area contributed by atoms with Gasteiger partial charge in [-0.25, -0.2) is 9.97 Å². The molecular formula is C14H13N5O2. The second-order valence-electron chi connectivity index (χ2n) is 4.38. The molecule has 0 unspecified atom stereocenters. The van der Waals surface area contributed by atoms with Crippen LogP contribution in [-0.2, 0) is 6.42 Å². The molecule has 0 atom stereocenters. The molecule has 0 aliphatic heterocycles. The highest BCUT2D eigenvalue weighted by molar-refractivity contribution is 5.49. The van der Waals surface area contributed by atoms with Gasteiger partial charge in [0, 0.05) is 11.8 Å². The topological polar surface area (TPSA) is 100.0 Å². The largest absolute Gasteiger partial charge is 0.481 e. The number of hydrogen-bond acceptors (Lipinski definition) is 7. The van der Waals surface area contributed by atoms with Crippen molar-refractivity contribution >= 4 is 5.69 Å². The van der Waals surface area contributed by atoms with E-state index in [1.807, 2.05) is 24.3 Å². The Morgan fingerprint density at radius 1 is 1.19 bits per heavy atom. The molecule has 2 N–H and O–H groups in total. The van der Waals surface area contributed by atoms with Crippen molar-refractivity contribution in [3.05, 3.63) is 48.1 Å². The summed E-state index contributed by atoms with van der Waals surface area (Å²) in [6.45, 7) is 0. The van der Waals surface area contributed by atoms with Crippen LogP contribution in [0.5, 0.6) is 5.88 Å². The van der Waals surface area contributed by atoms with E-state index in [0.29, 0.717) is 29.7 Å². The highest BCUT2D eigenvalue weighted by Gasteiger charge is 2.11. The van der Waals surface area contributed by atoms with Crippen molar-refractivity contribution in [2.45, 2.75) is 6.42 Å². The molecule has 0 saturated carbocycles. The van der Waals surface area contributed by atoms with Crippen molar-refractivity contribution < 1.29 is 9.26 Å². The molecule has 7 nitrogen and oxygen atoms in total. The third kappa shape index (κ3) is 2.97. The van der Waals surface area contributed by atoms with Crippen LogP contribution >= 0.6 is 0 Å².